The van der Waals surface area contributed by atoms with Crippen molar-refractivity contribution in [3.05, 3.63) is 64.4 Å². The largest absolute Gasteiger partial charge is 0.387 e. The zero-order valence-corrected chi connectivity index (χ0v) is 11.3. The molecule has 0 saturated carbocycles. The molecule has 0 aromatic heterocycles. The highest BCUT2D eigenvalue weighted by Crippen LogP contribution is 2.26. The number of halogens is 2. The highest BCUT2D eigenvalue weighted by Gasteiger charge is 2.10. The molecule has 2 N–H and O–H groups in total. The lowest BCUT2D eigenvalue weighted by molar-refractivity contribution is 0.191. The van der Waals surface area contributed by atoms with Gasteiger partial charge in [-0.05, 0) is 36.2 Å². The molecule has 0 amide bonds. The second-order valence-electron chi connectivity index (χ2n) is 4.38. The van der Waals surface area contributed by atoms with Gasteiger partial charge in [-0.1, -0.05) is 35.9 Å². The van der Waals surface area contributed by atoms with Crippen molar-refractivity contribution in [2.75, 3.05) is 11.9 Å². The summed E-state index contributed by atoms with van der Waals surface area (Å²) >= 11 is 6.08. The average molecular weight is 280 g/mol. The van der Waals surface area contributed by atoms with Crippen molar-refractivity contribution in [1.82, 2.24) is 0 Å². The fraction of sp³-hybridized carbons (Fsp3) is 0.200. The van der Waals surface area contributed by atoms with E-state index >= 15 is 0 Å². The zero-order valence-electron chi connectivity index (χ0n) is 10.5. The molecule has 2 rings (SSSR count). The van der Waals surface area contributed by atoms with Crippen LogP contribution in [0, 0.1) is 12.7 Å². The number of aliphatic hydroxyl groups excluding tert-OH is 1. The van der Waals surface area contributed by atoms with Gasteiger partial charge in [0.25, 0.3) is 0 Å². The van der Waals surface area contributed by atoms with Gasteiger partial charge in [0.15, 0.2) is 0 Å². The van der Waals surface area contributed by atoms with Gasteiger partial charge < -0.3 is 10.4 Å². The second-order valence-corrected chi connectivity index (χ2v) is 4.79. The van der Waals surface area contributed by atoms with E-state index in [0.29, 0.717) is 10.6 Å². The van der Waals surface area contributed by atoms with Crippen molar-refractivity contribution in [3.63, 3.8) is 0 Å². The van der Waals surface area contributed by atoms with Gasteiger partial charge in [-0.3, -0.25) is 0 Å². The van der Waals surface area contributed by atoms with Crippen LogP contribution in [0.3, 0.4) is 0 Å². The van der Waals surface area contributed by atoms with Gasteiger partial charge in [0.2, 0.25) is 0 Å². The molecule has 0 aliphatic carbocycles. The number of para-hydroxylation sites is 1. The van der Waals surface area contributed by atoms with Crippen molar-refractivity contribution in [2.45, 2.75) is 13.0 Å². The molecule has 0 saturated heterocycles. The van der Waals surface area contributed by atoms with Crippen LogP contribution in [0.4, 0.5) is 10.1 Å². The first-order valence-electron chi connectivity index (χ1n) is 6.00. The number of hydrogen-bond acceptors (Lipinski definition) is 2. The van der Waals surface area contributed by atoms with Gasteiger partial charge in [0.1, 0.15) is 5.82 Å². The molecule has 0 aliphatic heterocycles. The minimum atomic E-state index is -0.786. The van der Waals surface area contributed by atoms with Crippen molar-refractivity contribution >= 4 is 17.3 Å². The Morgan fingerprint density at radius 2 is 2.00 bits per heavy atom. The Kier molecular flexibility index (Phi) is 4.40. The SMILES string of the molecule is Cc1cccc(Cl)c1NCC(O)c1cccc(F)c1. The molecule has 100 valence electrons. The minimum Gasteiger partial charge on any atom is -0.387 e. The van der Waals surface area contributed by atoms with Gasteiger partial charge >= 0.3 is 0 Å². The Hall–Kier alpha value is -1.58. The average Bonchev–Trinajstić information content (AvgIpc) is 2.38. The smallest absolute Gasteiger partial charge is 0.123 e. The first-order valence-corrected chi connectivity index (χ1v) is 6.38. The molecule has 0 bridgehead atoms. The number of rotatable bonds is 4. The molecular weight excluding hydrogens is 265 g/mol. The Balaban J connectivity index is 2.06. The molecule has 19 heavy (non-hydrogen) atoms. The lowest BCUT2D eigenvalue weighted by atomic mass is 10.1. The fourth-order valence-corrected chi connectivity index (χ4v) is 2.17. The summed E-state index contributed by atoms with van der Waals surface area (Å²) in [6.45, 7) is 2.21. The van der Waals surface area contributed by atoms with Gasteiger partial charge in [-0.2, -0.15) is 0 Å². The number of aliphatic hydroxyl groups is 1. The van der Waals surface area contributed by atoms with Crippen LogP contribution in [0.1, 0.15) is 17.2 Å². The summed E-state index contributed by atoms with van der Waals surface area (Å²) in [6.07, 6.45) is -0.786. The third-order valence-corrected chi connectivity index (χ3v) is 3.24. The lowest BCUT2D eigenvalue weighted by Gasteiger charge is -2.15. The highest BCUT2D eigenvalue weighted by atomic mass is 35.5. The molecule has 4 heteroatoms. The van der Waals surface area contributed by atoms with Crippen molar-refractivity contribution < 1.29 is 9.50 Å². The minimum absolute atomic E-state index is 0.272. The third-order valence-electron chi connectivity index (χ3n) is 2.93. The van der Waals surface area contributed by atoms with E-state index in [2.05, 4.69) is 5.32 Å². The summed E-state index contributed by atoms with van der Waals surface area (Å²) in [5.74, 6) is -0.356. The second kappa shape index (κ2) is 6.04. The zero-order chi connectivity index (χ0) is 13.8. The van der Waals surface area contributed by atoms with Crippen molar-refractivity contribution in [1.29, 1.82) is 0 Å². The topological polar surface area (TPSA) is 32.3 Å². The van der Waals surface area contributed by atoms with E-state index in [1.807, 2.05) is 19.1 Å². The van der Waals surface area contributed by atoms with Crippen LogP contribution in [-0.4, -0.2) is 11.7 Å². The number of aryl methyl sites for hydroxylation is 1. The summed E-state index contributed by atoms with van der Waals surface area (Å²) in [5, 5.41) is 13.7. The maximum absolute atomic E-state index is 13.1. The van der Waals surface area contributed by atoms with Crippen LogP contribution in [-0.2, 0) is 0 Å². The number of benzene rings is 2. The van der Waals surface area contributed by atoms with E-state index in [-0.39, 0.29) is 12.4 Å². The van der Waals surface area contributed by atoms with Crippen LogP contribution in [0.2, 0.25) is 5.02 Å². The van der Waals surface area contributed by atoms with E-state index in [9.17, 15) is 9.50 Å². The Labute approximate surface area is 116 Å². The number of nitrogens with one attached hydrogen (secondary N) is 1. The van der Waals surface area contributed by atoms with Crippen molar-refractivity contribution in [2.24, 2.45) is 0 Å². The first kappa shape index (κ1) is 13.8. The van der Waals surface area contributed by atoms with Crippen LogP contribution in [0.15, 0.2) is 42.5 Å². The summed E-state index contributed by atoms with van der Waals surface area (Å²) in [5.41, 5.74) is 2.33. The number of hydrogen-bond donors (Lipinski definition) is 2. The molecule has 1 unspecified atom stereocenters. The van der Waals surface area contributed by atoms with Gasteiger partial charge in [0, 0.05) is 6.54 Å². The maximum Gasteiger partial charge on any atom is 0.123 e. The molecule has 0 fully saturated rings. The Morgan fingerprint density at radius 3 is 2.68 bits per heavy atom. The Bertz CT molecular complexity index is 554. The van der Waals surface area contributed by atoms with E-state index in [4.69, 9.17) is 11.6 Å². The third kappa shape index (κ3) is 3.46. The van der Waals surface area contributed by atoms with Crippen molar-refractivity contribution in [3.8, 4) is 0 Å². The molecule has 0 radical (unpaired) electrons. The van der Waals surface area contributed by atoms with Crippen LogP contribution in [0.5, 0.6) is 0 Å². The fourth-order valence-electron chi connectivity index (χ4n) is 1.89. The highest BCUT2D eigenvalue weighted by molar-refractivity contribution is 6.33. The summed E-state index contributed by atoms with van der Waals surface area (Å²) in [6, 6.07) is 11.5. The van der Waals surface area contributed by atoms with Crippen LogP contribution >= 0.6 is 11.6 Å². The molecular formula is C15H15ClFNO. The van der Waals surface area contributed by atoms with E-state index in [0.717, 1.165) is 11.3 Å². The quantitative estimate of drug-likeness (QED) is 0.889. The lowest BCUT2D eigenvalue weighted by Crippen LogP contribution is -2.13. The maximum atomic E-state index is 13.1. The van der Waals surface area contributed by atoms with Gasteiger partial charge in [0.05, 0.1) is 16.8 Å². The van der Waals surface area contributed by atoms with Crippen LogP contribution < -0.4 is 5.32 Å². The Morgan fingerprint density at radius 1 is 1.26 bits per heavy atom. The van der Waals surface area contributed by atoms with Gasteiger partial charge in [-0.25, -0.2) is 4.39 Å². The van der Waals surface area contributed by atoms with Gasteiger partial charge in [-0.15, -0.1) is 0 Å². The predicted octanol–water partition coefficient (Wildman–Crippen LogP) is 3.93. The number of anilines is 1. The predicted molar refractivity (Wildman–Crippen MR) is 76.0 cm³/mol. The molecule has 2 nitrogen and oxygen atoms in total. The molecule has 0 aliphatic rings. The summed E-state index contributed by atoms with van der Waals surface area (Å²) < 4.78 is 13.1. The molecule has 2 aromatic rings. The monoisotopic (exact) mass is 279 g/mol. The van der Waals surface area contributed by atoms with E-state index < -0.39 is 6.10 Å². The molecule has 0 spiro atoms. The van der Waals surface area contributed by atoms with Crippen LogP contribution in [0.25, 0.3) is 0 Å². The summed E-state index contributed by atoms with van der Waals surface area (Å²) in [4.78, 5) is 0. The molecule has 1 atom stereocenters. The summed E-state index contributed by atoms with van der Waals surface area (Å²) in [7, 11) is 0. The molecule has 2 aromatic carbocycles. The normalized spacial score (nSPS) is 12.2. The standard InChI is InChI=1S/C15H15ClFNO/c1-10-4-2-7-13(16)15(10)18-9-14(19)11-5-3-6-12(17)8-11/h2-8,14,18-19H,9H2,1H3. The van der Waals surface area contributed by atoms with E-state index in [1.54, 1.807) is 18.2 Å². The first-order chi connectivity index (χ1) is 9.08. The van der Waals surface area contributed by atoms with E-state index in [1.165, 1.54) is 12.1 Å². The molecule has 0 heterocycles.